The molecule has 0 atom stereocenters. The highest BCUT2D eigenvalue weighted by atomic mass is 16.4. The van der Waals surface area contributed by atoms with Gasteiger partial charge in [-0.05, 0) is 31.9 Å². The molecule has 0 aliphatic rings. The van der Waals surface area contributed by atoms with Gasteiger partial charge in [-0.3, -0.25) is 0 Å². The molecule has 2 nitrogen and oxygen atoms in total. The molecule has 0 aliphatic heterocycles. The standard InChI is InChI=1S/C14H17NO.C2H6/c1-3-4-10-13-11(2)16-14(15-13)12-8-6-5-7-9-12;1-2/h5-9H,3-4,10H2,1-2H3;1-2H3. The quantitative estimate of drug-likeness (QED) is 0.756. The smallest absolute Gasteiger partial charge is 0.226 e. The first kappa shape index (κ1) is 14.5. The lowest BCUT2D eigenvalue weighted by atomic mass is 10.2. The molecule has 0 spiro atoms. The second-order valence-electron chi connectivity index (χ2n) is 3.99. The van der Waals surface area contributed by atoms with Crippen molar-refractivity contribution in [2.75, 3.05) is 0 Å². The minimum atomic E-state index is 0.740. The summed E-state index contributed by atoms with van der Waals surface area (Å²) < 4.78 is 5.69. The molecule has 18 heavy (non-hydrogen) atoms. The fraction of sp³-hybridized carbons (Fsp3) is 0.438. The summed E-state index contributed by atoms with van der Waals surface area (Å²) >= 11 is 0. The van der Waals surface area contributed by atoms with Gasteiger partial charge in [-0.25, -0.2) is 4.98 Å². The van der Waals surface area contributed by atoms with E-state index in [2.05, 4.69) is 11.9 Å². The molecule has 1 aromatic heterocycles. The number of oxazole rings is 1. The maximum absolute atomic E-state index is 5.69. The van der Waals surface area contributed by atoms with Gasteiger partial charge in [0, 0.05) is 5.56 Å². The van der Waals surface area contributed by atoms with Crippen molar-refractivity contribution >= 4 is 0 Å². The van der Waals surface area contributed by atoms with Gasteiger partial charge in [-0.15, -0.1) is 0 Å². The van der Waals surface area contributed by atoms with Crippen LogP contribution in [-0.2, 0) is 6.42 Å². The molecular formula is C16H23NO. The molecular weight excluding hydrogens is 222 g/mol. The SMILES string of the molecule is CC.CCCCc1nc(-c2ccccc2)oc1C. The minimum Gasteiger partial charge on any atom is -0.441 e. The normalized spacial score (nSPS) is 9.78. The van der Waals surface area contributed by atoms with E-state index in [-0.39, 0.29) is 0 Å². The van der Waals surface area contributed by atoms with Crippen LogP contribution in [0.5, 0.6) is 0 Å². The van der Waals surface area contributed by atoms with E-state index in [4.69, 9.17) is 4.42 Å². The van der Waals surface area contributed by atoms with Crippen LogP contribution < -0.4 is 0 Å². The molecule has 1 heterocycles. The van der Waals surface area contributed by atoms with E-state index in [0.717, 1.165) is 29.3 Å². The number of benzene rings is 1. The summed E-state index contributed by atoms with van der Waals surface area (Å²) in [6, 6.07) is 10.0. The predicted octanol–water partition coefficient (Wildman–Crippen LogP) is 5.02. The van der Waals surface area contributed by atoms with Gasteiger partial charge in [0.05, 0.1) is 5.69 Å². The van der Waals surface area contributed by atoms with Gasteiger partial charge in [0.25, 0.3) is 0 Å². The van der Waals surface area contributed by atoms with E-state index in [1.165, 1.54) is 12.8 Å². The van der Waals surface area contributed by atoms with Gasteiger partial charge >= 0.3 is 0 Å². The highest BCUT2D eigenvalue weighted by molar-refractivity contribution is 5.53. The molecule has 0 radical (unpaired) electrons. The molecule has 2 rings (SSSR count). The van der Waals surface area contributed by atoms with Crippen LogP contribution in [0.2, 0.25) is 0 Å². The number of aromatic nitrogens is 1. The zero-order valence-corrected chi connectivity index (χ0v) is 11.9. The van der Waals surface area contributed by atoms with Crippen LogP contribution in [0, 0.1) is 6.92 Å². The fourth-order valence-corrected chi connectivity index (χ4v) is 1.71. The molecule has 0 aliphatic carbocycles. The van der Waals surface area contributed by atoms with Crippen molar-refractivity contribution in [3.05, 3.63) is 41.8 Å². The van der Waals surface area contributed by atoms with Crippen LogP contribution in [0.1, 0.15) is 45.1 Å². The van der Waals surface area contributed by atoms with Gasteiger partial charge in [0.1, 0.15) is 5.76 Å². The van der Waals surface area contributed by atoms with Gasteiger partial charge in [-0.2, -0.15) is 0 Å². The molecule has 0 bridgehead atoms. The van der Waals surface area contributed by atoms with Crippen molar-refractivity contribution in [3.8, 4) is 11.5 Å². The van der Waals surface area contributed by atoms with Gasteiger partial charge in [0.15, 0.2) is 0 Å². The molecule has 2 aromatic rings. The summed E-state index contributed by atoms with van der Waals surface area (Å²) in [5, 5.41) is 0. The van der Waals surface area contributed by atoms with Crippen LogP contribution in [0.3, 0.4) is 0 Å². The molecule has 2 heteroatoms. The first-order valence-electron chi connectivity index (χ1n) is 6.83. The molecule has 98 valence electrons. The Hall–Kier alpha value is -1.57. The molecule has 0 saturated heterocycles. The Labute approximate surface area is 110 Å². The molecule has 0 N–H and O–H groups in total. The van der Waals surface area contributed by atoms with Crippen molar-refractivity contribution < 1.29 is 4.42 Å². The maximum atomic E-state index is 5.69. The van der Waals surface area contributed by atoms with Crippen LogP contribution in [0.25, 0.3) is 11.5 Å². The summed E-state index contributed by atoms with van der Waals surface area (Å²) in [6.45, 7) is 8.18. The lowest BCUT2D eigenvalue weighted by molar-refractivity contribution is 0.538. The molecule has 0 unspecified atom stereocenters. The van der Waals surface area contributed by atoms with E-state index >= 15 is 0 Å². The van der Waals surface area contributed by atoms with E-state index in [0.29, 0.717) is 0 Å². The summed E-state index contributed by atoms with van der Waals surface area (Å²) in [6.07, 6.45) is 3.37. The van der Waals surface area contributed by atoms with Crippen molar-refractivity contribution in [3.63, 3.8) is 0 Å². The van der Waals surface area contributed by atoms with E-state index < -0.39 is 0 Å². The van der Waals surface area contributed by atoms with Crippen LogP contribution in [-0.4, -0.2) is 4.98 Å². The van der Waals surface area contributed by atoms with Gasteiger partial charge < -0.3 is 4.42 Å². The van der Waals surface area contributed by atoms with E-state index in [1.54, 1.807) is 0 Å². The lowest BCUT2D eigenvalue weighted by Gasteiger charge is -1.93. The van der Waals surface area contributed by atoms with Gasteiger partial charge in [-0.1, -0.05) is 45.4 Å². The number of hydrogen-bond donors (Lipinski definition) is 0. The van der Waals surface area contributed by atoms with E-state index in [9.17, 15) is 0 Å². The Bertz CT molecular complexity index is 445. The zero-order chi connectivity index (χ0) is 13.4. The Balaban J connectivity index is 0.000000771. The Kier molecular flexibility index (Phi) is 6.20. The molecule has 0 amide bonds. The largest absolute Gasteiger partial charge is 0.441 e. The van der Waals surface area contributed by atoms with Crippen LogP contribution in [0.15, 0.2) is 34.7 Å². The third-order valence-corrected chi connectivity index (χ3v) is 2.68. The third kappa shape index (κ3) is 3.73. The zero-order valence-electron chi connectivity index (χ0n) is 11.9. The predicted molar refractivity (Wildman–Crippen MR) is 76.6 cm³/mol. The van der Waals surface area contributed by atoms with E-state index in [1.807, 2.05) is 51.1 Å². The summed E-state index contributed by atoms with van der Waals surface area (Å²) in [7, 11) is 0. The highest BCUT2D eigenvalue weighted by Crippen LogP contribution is 2.22. The summed E-state index contributed by atoms with van der Waals surface area (Å²) in [5.74, 6) is 1.69. The van der Waals surface area contributed by atoms with Crippen molar-refractivity contribution in [2.45, 2.75) is 47.0 Å². The molecule has 0 fully saturated rings. The van der Waals surface area contributed by atoms with Crippen molar-refractivity contribution in [1.82, 2.24) is 4.98 Å². The van der Waals surface area contributed by atoms with Crippen molar-refractivity contribution in [1.29, 1.82) is 0 Å². The second kappa shape index (κ2) is 7.70. The lowest BCUT2D eigenvalue weighted by Crippen LogP contribution is -1.87. The Morgan fingerprint density at radius 2 is 1.78 bits per heavy atom. The monoisotopic (exact) mass is 245 g/mol. The van der Waals surface area contributed by atoms with Crippen LogP contribution >= 0.6 is 0 Å². The average molecular weight is 245 g/mol. The molecule has 1 aromatic carbocycles. The Morgan fingerprint density at radius 1 is 1.11 bits per heavy atom. The van der Waals surface area contributed by atoms with Crippen molar-refractivity contribution in [2.24, 2.45) is 0 Å². The Morgan fingerprint density at radius 3 is 2.39 bits per heavy atom. The topological polar surface area (TPSA) is 26.0 Å². The van der Waals surface area contributed by atoms with Crippen LogP contribution in [0.4, 0.5) is 0 Å². The number of nitrogens with zero attached hydrogens (tertiary/aromatic N) is 1. The maximum Gasteiger partial charge on any atom is 0.226 e. The second-order valence-corrected chi connectivity index (χ2v) is 3.99. The number of unbranched alkanes of at least 4 members (excludes halogenated alkanes) is 1. The summed E-state index contributed by atoms with van der Waals surface area (Å²) in [4.78, 5) is 4.55. The number of rotatable bonds is 4. The summed E-state index contributed by atoms with van der Waals surface area (Å²) in [5.41, 5.74) is 2.15. The minimum absolute atomic E-state index is 0.740. The number of hydrogen-bond acceptors (Lipinski definition) is 2. The van der Waals surface area contributed by atoms with Gasteiger partial charge in [0.2, 0.25) is 5.89 Å². The first-order chi connectivity index (χ1) is 8.81. The first-order valence-corrected chi connectivity index (χ1v) is 6.83. The molecule has 0 saturated carbocycles. The average Bonchev–Trinajstić information content (AvgIpc) is 2.81. The third-order valence-electron chi connectivity index (χ3n) is 2.68. The number of aryl methyl sites for hydroxylation is 2. The highest BCUT2D eigenvalue weighted by Gasteiger charge is 2.10. The fourth-order valence-electron chi connectivity index (χ4n) is 1.71.